The second kappa shape index (κ2) is 6.23. The van der Waals surface area contributed by atoms with Crippen LogP contribution in [0.15, 0.2) is 36.5 Å². The minimum absolute atomic E-state index is 0.125. The molecule has 0 saturated carbocycles. The molecule has 0 radical (unpaired) electrons. The lowest BCUT2D eigenvalue weighted by atomic mass is 10.2. The summed E-state index contributed by atoms with van der Waals surface area (Å²) in [5.41, 5.74) is 0.622. The molecule has 0 atom stereocenters. The van der Waals surface area contributed by atoms with Gasteiger partial charge in [0, 0.05) is 18.0 Å². The largest absolute Gasteiger partial charge is 0.495 e. The van der Waals surface area contributed by atoms with Gasteiger partial charge in [-0.2, -0.15) is 0 Å². The molecule has 0 fully saturated rings. The fraction of sp³-hybridized carbons (Fsp3) is 0.0714. The number of nitrogens with one attached hydrogen (secondary N) is 1. The van der Waals surface area contributed by atoms with Crippen molar-refractivity contribution in [3.05, 3.63) is 52.8 Å². The lowest BCUT2D eigenvalue weighted by molar-refractivity contribution is 0.0690. The van der Waals surface area contributed by atoms with Gasteiger partial charge in [-0.3, -0.25) is 4.79 Å². The number of nitrogens with zero attached hydrogens (tertiary/aromatic N) is 1. The zero-order valence-corrected chi connectivity index (χ0v) is 11.7. The SMILES string of the molecule is COc1cc(NC(=O)c2ccc(C(=O)O)nc2)ccc1Cl. The summed E-state index contributed by atoms with van der Waals surface area (Å²) in [6.07, 6.45) is 1.20. The van der Waals surface area contributed by atoms with E-state index in [1.165, 1.54) is 25.4 Å². The van der Waals surface area contributed by atoms with E-state index in [2.05, 4.69) is 10.3 Å². The Labute approximate surface area is 125 Å². The highest BCUT2D eigenvalue weighted by Crippen LogP contribution is 2.27. The molecule has 0 bridgehead atoms. The van der Waals surface area contributed by atoms with Crippen LogP contribution in [0.25, 0.3) is 0 Å². The van der Waals surface area contributed by atoms with Crippen LogP contribution in [0.2, 0.25) is 5.02 Å². The van der Waals surface area contributed by atoms with E-state index in [1.54, 1.807) is 18.2 Å². The average molecular weight is 307 g/mol. The summed E-state index contributed by atoms with van der Waals surface area (Å²) in [4.78, 5) is 26.4. The summed E-state index contributed by atoms with van der Waals surface area (Å²) in [6.45, 7) is 0. The normalized spacial score (nSPS) is 10.0. The fourth-order valence-corrected chi connectivity index (χ4v) is 1.79. The number of amides is 1. The number of aromatic nitrogens is 1. The number of anilines is 1. The highest BCUT2D eigenvalue weighted by atomic mass is 35.5. The van der Waals surface area contributed by atoms with Crippen molar-refractivity contribution in [1.29, 1.82) is 0 Å². The molecule has 1 amide bonds. The summed E-state index contributed by atoms with van der Waals surface area (Å²) >= 11 is 5.89. The molecule has 2 aromatic rings. The van der Waals surface area contributed by atoms with Gasteiger partial charge in [0.15, 0.2) is 0 Å². The number of ether oxygens (including phenoxy) is 1. The fourth-order valence-electron chi connectivity index (χ4n) is 1.60. The van der Waals surface area contributed by atoms with Crippen LogP contribution < -0.4 is 10.1 Å². The number of hydrogen-bond donors (Lipinski definition) is 2. The summed E-state index contributed by atoms with van der Waals surface area (Å²) in [5, 5.41) is 11.8. The first-order valence-corrected chi connectivity index (χ1v) is 6.23. The van der Waals surface area contributed by atoms with Crippen LogP contribution in [0.5, 0.6) is 5.75 Å². The molecule has 1 aromatic heterocycles. The van der Waals surface area contributed by atoms with Crippen LogP contribution in [0.3, 0.4) is 0 Å². The molecule has 6 nitrogen and oxygen atoms in total. The zero-order chi connectivity index (χ0) is 15.4. The molecule has 0 aliphatic heterocycles. The Morgan fingerprint density at radius 2 is 2.05 bits per heavy atom. The van der Waals surface area contributed by atoms with Crippen molar-refractivity contribution >= 4 is 29.2 Å². The smallest absolute Gasteiger partial charge is 0.354 e. The first-order valence-electron chi connectivity index (χ1n) is 5.85. The third-order valence-corrected chi connectivity index (χ3v) is 2.97. The molecule has 0 aliphatic carbocycles. The van der Waals surface area contributed by atoms with Gasteiger partial charge in [0.05, 0.1) is 17.7 Å². The van der Waals surface area contributed by atoms with Crippen molar-refractivity contribution in [2.75, 3.05) is 12.4 Å². The molecule has 1 heterocycles. The third kappa shape index (κ3) is 3.49. The number of halogens is 1. The van der Waals surface area contributed by atoms with Gasteiger partial charge in [-0.05, 0) is 24.3 Å². The van der Waals surface area contributed by atoms with Crippen molar-refractivity contribution in [3.8, 4) is 5.75 Å². The highest BCUT2D eigenvalue weighted by Gasteiger charge is 2.10. The lowest BCUT2D eigenvalue weighted by Gasteiger charge is -2.08. The van der Waals surface area contributed by atoms with Gasteiger partial charge in [0.1, 0.15) is 11.4 Å². The van der Waals surface area contributed by atoms with Crippen molar-refractivity contribution in [3.63, 3.8) is 0 Å². The van der Waals surface area contributed by atoms with Crippen molar-refractivity contribution in [2.45, 2.75) is 0 Å². The molecule has 0 aliphatic rings. The van der Waals surface area contributed by atoms with Gasteiger partial charge in [-0.1, -0.05) is 11.6 Å². The van der Waals surface area contributed by atoms with Gasteiger partial charge in [0.2, 0.25) is 0 Å². The number of rotatable bonds is 4. The predicted molar refractivity (Wildman–Crippen MR) is 77.2 cm³/mol. The maximum atomic E-state index is 12.0. The summed E-state index contributed by atoms with van der Waals surface area (Å²) < 4.78 is 5.05. The summed E-state index contributed by atoms with van der Waals surface area (Å²) in [5.74, 6) is -1.12. The number of carbonyl (C=O) groups excluding carboxylic acids is 1. The van der Waals surface area contributed by atoms with Gasteiger partial charge >= 0.3 is 5.97 Å². The molecule has 0 spiro atoms. The minimum Gasteiger partial charge on any atom is -0.495 e. The number of methoxy groups -OCH3 is 1. The Morgan fingerprint density at radius 3 is 2.62 bits per heavy atom. The summed E-state index contributed by atoms with van der Waals surface area (Å²) in [7, 11) is 1.47. The molecule has 21 heavy (non-hydrogen) atoms. The number of hydrogen-bond acceptors (Lipinski definition) is 4. The van der Waals surface area contributed by atoms with Crippen LogP contribution in [-0.2, 0) is 0 Å². The Balaban J connectivity index is 2.15. The second-order valence-corrected chi connectivity index (χ2v) is 4.45. The Kier molecular flexibility index (Phi) is 4.39. The van der Waals surface area contributed by atoms with Gasteiger partial charge in [-0.15, -0.1) is 0 Å². The van der Waals surface area contributed by atoms with E-state index < -0.39 is 11.9 Å². The topological polar surface area (TPSA) is 88.5 Å². The third-order valence-electron chi connectivity index (χ3n) is 2.65. The van der Waals surface area contributed by atoms with Crippen LogP contribution in [0.1, 0.15) is 20.8 Å². The number of benzene rings is 1. The molecular weight excluding hydrogens is 296 g/mol. The molecule has 0 unspecified atom stereocenters. The standard InChI is InChI=1S/C14H11ClN2O4/c1-21-12-6-9(3-4-10(12)15)17-13(18)8-2-5-11(14(19)20)16-7-8/h2-7H,1H3,(H,17,18)(H,19,20). The maximum Gasteiger partial charge on any atom is 0.354 e. The molecule has 7 heteroatoms. The Morgan fingerprint density at radius 1 is 1.29 bits per heavy atom. The van der Waals surface area contributed by atoms with Gasteiger partial charge in [0.25, 0.3) is 5.91 Å². The van der Waals surface area contributed by atoms with Gasteiger partial charge < -0.3 is 15.2 Å². The number of pyridine rings is 1. The van der Waals surface area contributed by atoms with Crippen molar-refractivity contribution in [2.24, 2.45) is 0 Å². The maximum absolute atomic E-state index is 12.0. The lowest BCUT2D eigenvalue weighted by Crippen LogP contribution is -2.13. The summed E-state index contributed by atoms with van der Waals surface area (Å²) in [6, 6.07) is 7.46. The monoisotopic (exact) mass is 306 g/mol. The second-order valence-electron chi connectivity index (χ2n) is 4.04. The van der Waals surface area contributed by atoms with E-state index in [9.17, 15) is 9.59 Å². The van der Waals surface area contributed by atoms with E-state index in [4.69, 9.17) is 21.4 Å². The van der Waals surface area contributed by atoms with Gasteiger partial charge in [-0.25, -0.2) is 9.78 Å². The quantitative estimate of drug-likeness (QED) is 0.906. The number of carbonyl (C=O) groups is 2. The van der Waals surface area contributed by atoms with Crippen LogP contribution in [-0.4, -0.2) is 29.1 Å². The number of carboxylic acids is 1. The first kappa shape index (κ1) is 14.8. The van der Waals surface area contributed by atoms with Crippen LogP contribution >= 0.6 is 11.6 Å². The molecule has 2 N–H and O–H groups in total. The average Bonchev–Trinajstić information content (AvgIpc) is 2.49. The van der Waals surface area contributed by atoms with E-state index in [0.717, 1.165) is 0 Å². The highest BCUT2D eigenvalue weighted by molar-refractivity contribution is 6.32. The molecule has 2 rings (SSSR count). The Hall–Kier alpha value is -2.60. The van der Waals surface area contributed by atoms with E-state index >= 15 is 0 Å². The molecule has 108 valence electrons. The number of carboxylic acid groups (broad SMARTS) is 1. The van der Waals surface area contributed by atoms with Crippen LogP contribution in [0.4, 0.5) is 5.69 Å². The predicted octanol–water partition coefficient (Wildman–Crippen LogP) is 2.69. The molecule has 1 aromatic carbocycles. The Bertz CT molecular complexity index is 686. The van der Waals surface area contributed by atoms with E-state index in [0.29, 0.717) is 16.5 Å². The molecular formula is C14H11ClN2O4. The molecule has 0 saturated heterocycles. The van der Waals surface area contributed by atoms with E-state index in [1.807, 2.05) is 0 Å². The van der Waals surface area contributed by atoms with E-state index in [-0.39, 0.29) is 11.3 Å². The van der Waals surface area contributed by atoms with Crippen molar-refractivity contribution < 1.29 is 19.4 Å². The van der Waals surface area contributed by atoms with Crippen molar-refractivity contribution in [1.82, 2.24) is 4.98 Å². The zero-order valence-electron chi connectivity index (χ0n) is 11.0. The minimum atomic E-state index is -1.15. The van der Waals surface area contributed by atoms with Crippen LogP contribution in [0, 0.1) is 0 Å². The number of aromatic carboxylic acids is 1. The first-order chi connectivity index (χ1) is 10.0.